The number of aromatic nitrogens is 1. The molecule has 0 radical (unpaired) electrons. The molecule has 0 aliphatic carbocycles. The molecule has 1 heterocycles. The van der Waals surface area contributed by atoms with Crippen LogP contribution in [0.2, 0.25) is 0 Å². The number of anilines is 2. The van der Waals surface area contributed by atoms with E-state index in [-0.39, 0.29) is 23.3 Å². The number of aryl methyl sites for hydroxylation is 1. The van der Waals surface area contributed by atoms with Crippen LogP contribution in [0.25, 0.3) is 0 Å². The van der Waals surface area contributed by atoms with Gasteiger partial charge in [-0.1, -0.05) is 5.16 Å². The Bertz CT molecular complexity index is 752. The van der Waals surface area contributed by atoms with Crippen molar-refractivity contribution < 1.29 is 27.6 Å². The largest absolute Gasteiger partial charge is 0.435 e. The van der Waals surface area contributed by atoms with Gasteiger partial charge in [-0.15, -0.1) is 11.8 Å². The van der Waals surface area contributed by atoms with Crippen molar-refractivity contribution in [1.82, 2.24) is 5.16 Å². The van der Waals surface area contributed by atoms with Crippen molar-refractivity contribution in [2.24, 2.45) is 0 Å². The third-order valence-electron chi connectivity index (χ3n) is 3.08. The molecule has 0 aliphatic heterocycles. The quantitative estimate of drug-likeness (QED) is 0.724. The van der Waals surface area contributed by atoms with Crippen molar-refractivity contribution in [3.8, 4) is 5.75 Å². The average molecular weight is 385 g/mol. The Balaban J connectivity index is 1.76. The lowest BCUT2D eigenvalue weighted by atomic mass is 10.3. The highest BCUT2D eigenvalue weighted by Gasteiger charge is 2.17. The zero-order valence-corrected chi connectivity index (χ0v) is 14.8. The molecule has 0 fully saturated rings. The molecule has 0 bridgehead atoms. The monoisotopic (exact) mass is 385 g/mol. The number of carbonyl (C=O) groups excluding carboxylic acids is 2. The van der Waals surface area contributed by atoms with Gasteiger partial charge >= 0.3 is 6.61 Å². The minimum absolute atomic E-state index is 0.000704. The lowest BCUT2D eigenvalue weighted by Crippen LogP contribution is -2.25. The number of hydrogen-bond acceptors (Lipinski definition) is 6. The van der Waals surface area contributed by atoms with Gasteiger partial charge in [-0.3, -0.25) is 9.59 Å². The van der Waals surface area contributed by atoms with E-state index in [0.717, 1.165) is 11.8 Å². The number of amides is 2. The number of hydrogen-bond donors (Lipinski definition) is 2. The van der Waals surface area contributed by atoms with Crippen LogP contribution in [-0.2, 0) is 9.59 Å². The Morgan fingerprint density at radius 3 is 2.54 bits per heavy atom. The van der Waals surface area contributed by atoms with Crippen molar-refractivity contribution in [3.05, 3.63) is 36.1 Å². The third kappa shape index (κ3) is 6.36. The first-order chi connectivity index (χ1) is 12.3. The minimum Gasteiger partial charge on any atom is -0.435 e. The lowest BCUT2D eigenvalue weighted by Gasteiger charge is -2.11. The predicted molar refractivity (Wildman–Crippen MR) is 93.5 cm³/mol. The van der Waals surface area contributed by atoms with Crippen molar-refractivity contribution in [3.63, 3.8) is 0 Å². The molecule has 140 valence electrons. The molecule has 1 aromatic heterocycles. The molecule has 2 aromatic rings. The fourth-order valence-corrected chi connectivity index (χ4v) is 2.53. The number of benzene rings is 1. The van der Waals surface area contributed by atoms with Crippen LogP contribution in [-0.4, -0.2) is 34.6 Å². The van der Waals surface area contributed by atoms with Crippen LogP contribution in [0.1, 0.15) is 12.7 Å². The number of nitrogens with zero attached hydrogens (tertiary/aromatic N) is 1. The highest BCUT2D eigenvalue weighted by molar-refractivity contribution is 8.01. The third-order valence-corrected chi connectivity index (χ3v) is 4.22. The second-order valence-corrected chi connectivity index (χ2v) is 6.55. The summed E-state index contributed by atoms with van der Waals surface area (Å²) in [5, 5.41) is 8.37. The summed E-state index contributed by atoms with van der Waals surface area (Å²) in [5.41, 5.74) is 0.437. The Hall–Kier alpha value is -2.62. The normalized spacial score (nSPS) is 11.9. The highest BCUT2D eigenvalue weighted by atomic mass is 32.2. The van der Waals surface area contributed by atoms with Crippen molar-refractivity contribution >= 4 is 35.1 Å². The van der Waals surface area contributed by atoms with Gasteiger partial charge in [0.1, 0.15) is 11.5 Å². The van der Waals surface area contributed by atoms with Gasteiger partial charge in [-0.25, -0.2) is 0 Å². The molecule has 0 saturated carbocycles. The van der Waals surface area contributed by atoms with E-state index in [1.165, 1.54) is 24.3 Å². The maximum Gasteiger partial charge on any atom is 0.387 e. The number of ether oxygens (including phenoxy) is 1. The first-order valence-corrected chi connectivity index (χ1v) is 8.59. The maximum absolute atomic E-state index is 12.1. The first kappa shape index (κ1) is 19.7. The van der Waals surface area contributed by atoms with E-state index in [1.807, 2.05) is 0 Å². The Morgan fingerprint density at radius 2 is 1.96 bits per heavy atom. The van der Waals surface area contributed by atoms with Crippen molar-refractivity contribution in [1.29, 1.82) is 0 Å². The highest BCUT2D eigenvalue weighted by Crippen LogP contribution is 2.19. The number of nitrogens with one attached hydrogen (secondary N) is 2. The molecule has 10 heteroatoms. The molecule has 0 spiro atoms. The number of carbonyl (C=O) groups is 2. The summed E-state index contributed by atoms with van der Waals surface area (Å²) in [6.45, 7) is 0.467. The van der Waals surface area contributed by atoms with E-state index in [0.29, 0.717) is 17.3 Å². The van der Waals surface area contributed by atoms with Crippen molar-refractivity contribution in [2.75, 3.05) is 16.4 Å². The Kier molecular flexibility index (Phi) is 6.96. The van der Waals surface area contributed by atoms with Gasteiger partial charge in [-0.05, 0) is 38.1 Å². The fourth-order valence-electron chi connectivity index (χ4n) is 1.85. The second-order valence-electron chi connectivity index (χ2n) is 5.22. The van der Waals surface area contributed by atoms with Crippen LogP contribution >= 0.6 is 11.8 Å². The topological polar surface area (TPSA) is 93.5 Å². The number of alkyl halides is 2. The Morgan fingerprint density at radius 1 is 1.27 bits per heavy atom. The summed E-state index contributed by atoms with van der Waals surface area (Å²) in [4.78, 5) is 23.9. The van der Waals surface area contributed by atoms with Gasteiger partial charge in [-0.2, -0.15) is 8.78 Å². The molecule has 0 aliphatic rings. The van der Waals surface area contributed by atoms with Gasteiger partial charge < -0.3 is 19.9 Å². The van der Waals surface area contributed by atoms with Gasteiger partial charge in [0.05, 0.1) is 11.0 Å². The number of rotatable bonds is 8. The van der Waals surface area contributed by atoms with Crippen molar-refractivity contribution in [2.45, 2.75) is 25.7 Å². The van der Waals surface area contributed by atoms with Crippen LogP contribution in [0, 0.1) is 6.92 Å². The zero-order chi connectivity index (χ0) is 19.1. The number of halogens is 2. The molecule has 26 heavy (non-hydrogen) atoms. The minimum atomic E-state index is -2.90. The summed E-state index contributed by atoms with van der Waals surface area (Å²) < 4.78 is 33.2. The molecule has 2 N–H and O–H groups in total. The van der Waals surface area contributed by atoms with Gasteiger partial charge in [0, 0.05) is 11.8 Å². The van der Waals surface area contributed by atoms with Gasteiger partial charge in [0.25, 0.3) is 0 Å². The SMILES string of the molecule is Cc1cc(NC(=O)[C@@H](C)SCC(=O)Nc2ccc(OC(F)F)cc2)no1. The van der Waals surface area contributed by atoms with E-state index in [2.05, 4.69) is 20.5 Å². The van der Waals surface area contributed by atoms with E-state index in [4.69, 9.17) is 4.52 Å². The van der Waals surface area contributed by atoms with Gasteiger partial charge in [0.2, 0.25) is 11.8 Å². The second kappa shape index (κ2) is 9.18. The molecular formula is C16H17F2N3O4S. The number of thioether (sulfide) groups is 1. The first-order valence-electron chi connectivity index (χ1n) is 7.54. The van der Waals surface area contributed by atoms with Crippen LogP contribution in [0.15, 0.2) is 34.9 Å². The lowest BCUT2D eigenvalue weighted by molar-refractivity contribution is -0.115. The zero-order valence-electron chi connectivity index (χ0n) is 14.0. The smallest absolute Gasteiger partial charge is 0.387 e. The summed E-state index contributed by atoms with van der Waals surface area (Å²) in [5.74, 6) is 0.308. The molecule has 1 atom stereocenters. The summed E-state index contributed by atoms with van der Waals surface area (Å²) in [6.07, 6.45) is 0. The molecule has 0 unspecified atom stereocenters. The Labute approximate surface area is 152 Å². The maximum atomic E-state index is 12.1. The summed E-state index contributed by atoms with van der Waals surface area (Å²) >= 11 is 1.14. The molecule has 2 rings (SSSR count). The molecule has 7 nitrogen and oxygen atoms in total. The van der Waals surface area contributed by atoms with Crippen LogP contribution in [0.5, 0.6) is 5.75 Å². The molecule has 2 amide bonds. The molecule has 1 aromatic carbocycles. The van der Waals surface area contributed by atoms with Crippen LogP contribution in [0.4, 0.5) is 20.3 Å². The fraction of sp³-hybridized carbons (Fsp3) is 0.312. The van der Waals surface area contributed by atoms with E-state index in [9.17, 15) is 18.4 Å². The van der Waals surface area contributed by atoms with E-state index >= 15 is 0 Å². The van der Waals surface area contributed by atoms with Gasteiger partial charge in [0.15, 0.2) is 5.82 Å². The molecular weight excluding hydrogens is 368 g/mol. The standard InChI is InChI=1S/C16H17F2N3O4S/c1-9-7-13(21-25-9)20-15(23)10(2)26-8-14(22)19-11-3-5-12(6-4-11)24-16(17)18/h3-7,10,16H,8H2,1-2H3,(H,19,22)(H,20,21,23)/t10-/m1/s1. The summed E-state index contributed by atoms with van der Waals surface area (Å²) in [6, 6.07) is 7.13. The molecule has 0 saturated heterocycles. The van der Waals surface area contributed by atoms with E-state index < -0.39 is 11.9 Å². The summed E-state index contributed by atoms with van der Waals surface area (Å²) in [7, 11) is 0. The van der Waals surface area contributed by atoms with Crippen LogP contribution < -0.4 is 15.4 Å². The van der Waals surface area contributed by atoms with Crippen LogP contribution in [0.3, 0.4) is 0 Å². The average Bonchev–Trinajstić information content (AvgIpc) is 2.98. The van der Waals surface area contributed by atoms with E-state index in [1.54, 1.807) is 19.9 Å². The predicted octanol–water partition coefficient (Wildman–Crippen LogP) is 3.28.